The Hall–Kier alpha value is -1.58. The molecular weight excluding hydrogens is 240 g/mol. The van der Waals surface area contributed by atoms with E-state index >= 15 is 0 Å². The summed E-state index contributed by atoms with van der Waals surface area (Å²) in [5.74, 6) is 0.575. The van der Waals surface area contributed by atoms with E-state index in [1.54, 1.807) is 17.2 Å². The fourth-order valence-electron chi connectivity index (χ4n) is 2.27. The average Bonchev–Trinajstić information content (AvgIpc) is 2.39. The van der Waals surface area contributed by atoms with Crippen molar-refractivity contribution in [3.8, 4) is 5.75 Å². The molecule has 0 N–H and O–H groups in total. The number of hydrogen-bond donors (Lipinski definition) is 0. The van der Waals surface area contributed by atoms with Crippen molar-refractivity contribution in [2.75, 3.05) is 13.1 Å². The summed E-state index contributed by atoms with van der Waals surface area (Å²) in [5.41, 5.74) is 0.680. The molecule has 104 valence electrons. The van der Waals surface area contributed by atoms with Crippen LogP contribution in [0.3, 0.4) is 0 Å². The minimum atomic E-state index is -0.252. The lowest BCUT2D eigenvalue weighted by atomic mass is 9.91. The highest BCUT2D eigenvalue weighted by Crippen LogP contribution is 2.29. The van der Waals surface area contributed by atoms with Gasteiger partial charge >= 0.3 is 6.09 Å². The van der Waals surface area contributed by atoms with Crippen molar-refractivity contribution in [1.82, 2.24) is 9.88 Å². The van der Waals surface area contributed by atoms with Gasteiger partial charge in [-0.3, -0.25) is 4.98 Å². The van der Waals surface area contributed by atoms with Gasteiger partial charge in [0.25, 0.3) is 0 Å². The van der Waals surface area contributed by atoms with Crippen molar-refractivity contribution >= 4 is 6.09 Å². The third-order valence-electron chi connectivity index (χ3n) is 3.29. The second kappa shape index (κ2) is 5.59. The summed E-state index contributed by atoms with van der Waals surface area (Å²) in [6.07, 6.45) is 4.81. The van der Waals surface area contributed by atoms with Gasteiger partial charge in [-0.25, -0.2) is 4.79 Å². The maximum Gasteiger partial charge on any atom is 0.415 e. The van der Waals surface area contributed by atoms with E-state index in [0.29, 0.717) is 5.75 Å². The van der Waals surface area contributed by atoms with Gasteiger partial charge in [0.15, 0.2) is 5.75 Å². The molecule has 1 saturated heterocycles. The summed E-state index contributed by atoms with van der Waals surface area (Å²) in [6.45, 7) is 7.78. The summed E-state index contributed by atoms with van der Waals surface area (Å²) in [7, 11) is 0. The number of carbonyl (C=O) groups is 1. The normalized spacial score (nSPS) is 16.3. The van der Waals surface area contributed by atoms with Crippen molar-refractivity contribution < 1.29 is 9.53 Å². The van der Waals surface area contributed by atoms with Crippen LogP contribution in [0.4, 0.5) is 4.79 Å². The Morgan fingerprint density at radius 2 is 1.95 bits per heavy atom. The number of piperidine rings is 1. The second-order valence-electron chi connectivity index (χ2n) is 6.02. The molecule has 4 nitrogen and oxygen atoms in total. The number of pyridine rings is 1. The summed E-state index contributed by atoms with van der Waals surface area (Å²) in [5, 5.41) is 0. The number of likely N-dealkylation sites (tertiary alicyclic amines) is 1. The fourth-order valence-corrected chi connectivity index (χ4v) is 2.27. The Morgan fingerprint density at radius 3 is 2.58 bits per heavy atom. The molecule has 0 atom stereocenters. The smallest absolute Gasteiger partial charge is 0.408 e. The molecule has 0 aromatic carbocycles. The maximum atomic E-state index is 12.1. The van der Waals surface area contributed by atoms with Gasteiger partial charge in [0.05, 0.1) is 5.69 Å². The van der Waals surface area contributed by atoms with E-state index in [4.69, 9.17) is 4.74 Å². The molecule has 2 heterocycles. The van der Waals surface area contributed by atoms with Crippen LogP contribution in [-0.4, -0.2) is 29.1 Å². The van der Waals surface area contributed by atoms with E-state index < -0.39 is 0 Å². The molecule has 1 amide bonds. The Bertz CT molecular complexity index is 446. The van der Waals surface area contributed by atoms with Crippen LogP contribution in [0, 0.1) is 0 Å². The lowest BCUT2D eigenvalue weighted by molar-refractivity contribution is 0.141. The van der Waals surface area contributed by atoms with Crippen molar-refractivity contribution in [2.45, 2.75) is 45.4 Å². The largest absolute Gasteiger partial charge is 0.415 e. The van der Waals surface area contributed by atoms with Gasteiger partial charge in [0, 0.05) is 24.7 Å². The third-order valence-corrected chi connectivity index (χ3v) is 3.29. The van der Waals surface area contributed by atoms with Crippen LogP contribution < -0.4 is 4.74 Å². The van der Waals surface area contributed by atoms with E-state index in [-0.39, 0.29) is 11.5 Å². The molecule has 19 heavy (non-hydrogen) atoms. The van der Waals surface area contributed by atoms with Crippen molar-refractivity contribution in [3.63, 3.8) is 0 Å². The first-order valence-electron chi connectivity index (χ1n) is 6.91. The minimum Gasteiger partial charge on any atom is -0.408 e. The number of amides is 1. The molecule has 0 unspecified atom stereocenters. The quantitative estimate of drug-likeness (QED) is 0.779. The second-order valence-corrected chi connectivity index (χ2v) is 6.02. The Labute approximate surface area is 114 Å². The Morgan fingerprint density at radius 1 is 1.26 bits per heavy atom. The molecule has 0 spiro atoms. The molecule has 0 aliphatic carbocycles. The first-order valence-corrected chi connectivity index (χ1v) is 6.91. The molecule has 2 rings (SSSR count). The zero-order valence-corrected chi connectivity index (χ0v) is 12.0. The maximum absolute atomic E-state index is 12.1. The van der Waals surface area contributed by atoms with Crippen molar-refractivity contribution in [3.05, 3.63) is 24.0 Å². The van der Waals surface area contributed by atoms with E-state index in [2.05, 4.69) is 25.8 Å². The van der Waals surface area contributed by atoms with Crippen LogP contribution in [0.5, 0.6) is 5.75 Å². The summed E-state index contributed by atoms with van der Waals surface area (Å²) in [4.78, 5) is 18.3. The lowest BCUT2D eigenvalue weighted by Gasteiger charge is -2.27. The molecule has 0 bridgehead atoms. The molecule has 1 aliphatic heterocycles. The summed E-state index contributed by atoms with van der Waals surface area (Å²) < 4.78 is 5.54. The molecule has 0 radical (unpaired) electrons. The van der Waals surface area contributed by atoms with Crippen molar-refractivity contribution in [1.29, 1.82) is 0 Å². The minimum absolute atomic E-state index is 0.140. The number of nitrogens with zero attached hydrogens (tertiary/aromatic N) is 2. The van der Waals surface area contributed by atoms with Crippen LogP contribution in [0.15, 0.2) is 18.3 Å². The standard InChI is InChI=1S/C15H22N2O2/c1-15(2,3)13-12(8-7-9-16-13)19-14(18)17-10-5-4-6-11-17/h7-9H,4-6,10-11H2,1-3H3. The van der Waals surface area contributed by atoms with E-state index in [1.807, 2.05) is 6.07 Å². The predicted octanol–water partition coefficient (Wildman–Crippen LogP) is 3.36. The first-order chi connectivity index (χ1) is 8.98. The van der Waals surface area contributed by atoms with E-state index in [0.717, 1.165) is 31.6 Å². The summed E-state index contributed by atoms with van der Waals surface area (Å²) >= 11 is 0. The average molecular weight is 262 g/mol. The predicted molar refractivity (Wildman–Crippen MR) is 74.4 cm³/mol. The number of ether oxygens (including phenoxy) is 1. The molecular formula is C15H22N2O2. The van der Waals surface area contributed by atoms with Gasteiger partial charge in [-0.05, 0) is 31.4 Å². The van der Waals surface area contributed by atoms with E-state index in [9.17, 15) is 4.79 Å². The van der Waals surface area contributed by atoms with Gasteiger partial charge in [-0.1, -0.05) is 20.8 Å². The van der Waals surface area contributed by atoms with Crippen LogP contribution in [0.25, 0.3) is 0 Å². The van der Waals surface area contributed by atoms with Gasteiger partial charge < -0.3 is 9.64 Å². The topological polar surface area (TPSA) is 42.4 Å². The number of rotatable bonds is 1. The fraction of sp³-hybridized carbons (Fsp3) is 0.600. The highest BCUT2D eigenvalue weighted by Gasteiger charge is 2.24. The first kappa shape index (κ1) is 13.8. The lowest BCUT2D eigenvalue weighted by Crippen LogP contribution is -2.38. The van der Waals surface area contributed by atoms with Crippen LogP contribution in [0.2, 0.25) is 0 Å². The monoisotopic (exact) mass is 262 g/mol. The number of carbonyl (C=O) groups excluding carboxylic acids is 1. The SMILES string of the molecule is CC(C)(C)c1ncccc1OC(=O)N1CCCCC1. The molecule has 1 aromatic rings. The Kier molecular flexibility index (Phi) is 4.08. The van der Waals surface area contributed by atoms with E-state index in [1.165, 1.54) is 6.42 Å². The van der Waals surface area contributed by atoms with Gasteiger partial charge in [-0.2, -0.15) is 0 Å². The molecule has 1 aliphatic rings. The number of hydrogen-bond acceptors (Lipinski definition) is 3. The van der Waals surface area contributed by atoms with Crippen molar-refractivity contribution in [2.24, 2.45) is 0 Å². The third kappa shape index (κ3) is 3.46. The highest BCUT2D eigenvalue weighted by atomic mass is 16.6. The molecule has 4 heteroatoms. The Balaban J connectivity index is 2.12. The molecule has 1 fully saturated rings. The van der Waals surface area contributed by atoms with Gasteiger partial charge in [-0.15, -0.1) is 0 Å². The van der Waals surface area contributed by atoms with Gasteiger partial charge in [0.1, 0.15) is 0 Å². The van der Waals surface area contributed by atoms with Crippen LogP contribution in [0.1, 0.15) is 45.7 Å². The van der Waals surface area contributed by atoms with Crippen LogP contribution >= 0.6 is 0 Å². The van der Waals surface area contributed by atoms with Gasteiger partial charge in [0.2, 0.25) is 0 Å². The highest BCUT2D eigenvalue weighted by molar-refractivity contribution is 5.71. The zero-order chi connectivity index (χ0) is 13.9. The van der Waals surface area contributed by atoms with Crippen LogP contribution in [-0.2, 0) is 5.41 Å². The summed E-state index contributed by atoms with van der Waals surface area (Å²) in [6, 6.07) is 3.61. The molecule has 0 saturated carbocycles. The molecule has 1 aromatic heterocycles. The number of aromatic nitrogens is 1. The zero-order valence-electron chi connectivity index (χ0n) is 12.0.